The van der Waals surface area contributed by atoms with Crippen molar-refractivity contribution in [3.8, 4) is 22.8 Å². The number of nitrogens with zero attached hydrogens (tertiary/aromatic N) is 1. The maximum atomic E-state index is 13.0. The van der Waals surface area contributed by atoms with Gasteiger partial charge >= 0.3 is 6.18 Å². The van der Waals surface area contributed by atoms with Gasteiger partial charge in [0.15, 0.2) is 11.5 Å². The van der Waals surface area contributed by atoms with E-state index in [-0.39, 0.29) is 40.3 Å². The van der Waals surface area contributed by atoms with E-state index in [1.54, 1.807) is 0 Å². The van der Waals surface area contributed by atoms with E-state index in [2.05, 4.69) is 10.5 Å². The first-order chi connectivity index (χ1) is 14.3. The molecule has 1 saturated heterocycles. The Bertz CT molecular complexity index is 1050. The Balaban J connectivity index is 1.58. The molecule has 0 bridgehead atoms. The van der Waals surface area contributed by atoms with Gasteiger partial charge in [0, 0.05) is 18.7 Å². The molecule has 1 unspecified atom stereocenters. The van der Waals surface area contributed by atoms with Crippen LogP contribution in [-0.2, 0) is 10.9 Å². The molecule has 2 aromatic heterocycles. The number of hydrogen-bond donors (Lipinski definition) is 2. The van der Waals surface area contributed by atoms with Crippen LogP contribution < -0.4 is 11.1 Å². The van der Waals surface area contributed by atoms with Crippen molar-refractivity contribution < 1.29 is 31.6 Å². The first kappa shape index (κ1) is 20.0. The molecule has 0 spiro atoms. The van der Waals surface area contributed by atoms with Crippen LogP contribution in [0.3, 0.4) is 0 Å². The molecule has 3 heterocycles. The van der Waals surface area contributed by atoms with E-state index in [0.29, 0.717) is 13.2 Å². The van der Waals surface area contributed by atoms with Gasteiger partial charge in [0.05, 0.1) is 11.7 Å². The van der Waals surface area contributed by atoms with Gasteiger partial charge < -0.3 is 24.7 Å². The molecule has 7 nitrogen and oxygen atoms in total. The zero-order valence-electron chi connectivity index (χ0n) is 15.7. The Labute approximate surface area is 169 Å². The number of nitrogens with two attached hydrogens (primary N) is 1. The first-order valence-corrected chi connectivity index (χ1v) is 9.25. The lowest BCUT2D eigenvalue weighted by Crippen LogP contribution is -2.32. The SMILES string of the molecule is Nc1onc(-c2ccc(-c3cccc(C(F)(F)F)c3)o2)c1C(=O)NCC1CCCO1. The van der Waals surface area contributed by atoms with Gasteiger partial charge in [-0.2, -0.15) is 13.2 Å². The van der Waals surface area contributed by atoms with Gasteiger partial charge in [0.2, 0.25) is 5.88 Å². The number of nitrogen functional groups attached to an aromatic ring is 1. The molecule has 10 heteroatoms. The van der Waals surface area contributed by atoms with Crippen LogP contribution in [0.15, 0.2) is 45.3 Å². The average molecular weight is 421 g/mol. The summed E-state index contributed by atoms with van der Waals surface area (Å²) in [5.41, 5.74) is 5.26. The Morgan fingerprint density at radius 2 is 2.03 bits per heavy atom. The topological polar surface area (TPSA) is 104 Å². The fraction of sp³-hybridized carbons (Fsp3) is 0.300. The Hall–Kier alpha value is -3.27. The van der Waals surface area contributed by atoms with Crippen LogP contribution in [0.4, 0.5) is 19.1 Å². The fourth-order valence-corrected chi connectivity index (χ4v) is 3.26. The highest BCUT2D eigenvalue weighted by Gasteiger charge is 2.31. The van der Waals surface area contributed by atoms with Crippen LogP contribution in [0.1, 0.15) is 28.8 Å². The van der Waals surface area contributed by atoms with Crippen LogP contribution in [0.25, 0.3) is 22.8 Å². The van der Waals surface area contributed by atoms with E-state index in [1.165, 1.54) is 24.3 Å². The third-order valence-electron chi connectivity index (χ3n) is 4.77. The molecule has 1 amide bonds. The molecule has 0 radical (unpaired) electrons. The number of furan rings is 1. The first-order valence-electron chi connectivity index (χ1n) is 9.25. The summed E-state index contributed by atoms with van der Waals surface area (Å²) in [7, 11) is 0. The molecule has 1 atom stereocenters. The molecule has 30 heavy (non-hydrogen) atoms. The van der Waals surface area contributed by atoms with Gasteiger partial charge in [-0.15, -0.1) is 0 Å². The van der Waals surface area contributed by atoms with E-state index in [0.717, 1.165) is 25.0 Å². The number of rotatable bonds is 5. The Kier molecular flexibility index (Phi) is 5.25. The van der Waals surface area contributed by atoms with Crippen LogP contribution in [-0.4, -0.2) is 30.3 Å². The number of nitrogens with one attached hydrogen (secondary N) is 1. The van der Waals surface area contributed by atoms with Gasteiger partial charge in [0.1, 0.15) is 11.3 Å². The lowest BCUT2D eigenvalue weighted by molar-refractivity contribution is -0.137. The number of ether oxygens (including phenoxy) is 1. The van der Waals surface area contributed by atoms with Crippen LogP contribution in [0.2, 0.25) is 0 Å². The molecule has 3 N–H and O–H groups in total. The number of hydrogen-bond acceptors (Lipinski definition) is 6. The summed E-state index contributed by atoms with van der Waals surface area (Å²) in [5, 5.41) is 6.51. The molecule has 1 aliphatic heterocycles. The van der Waals surface area contributed by atoms with Gasteiger partial charge in [-0.3, -0.25) is 4.79 Å². The summed E-state index contributed by atoms with van der Waals surface area (Å²) in [6.07, 6.45) is -2.74. The number of carbonyl (C=O) groups excluding carboxylic acids is 1. The van der Waals surface area contributed by atoms with Gasteiger partial charge in [-0.1, -0.05) is 17.3 Å². The highest BCUT2D eigenvalue weighted by atomic mass is 19.4. The van der Waals surface area contributed by atoms with Crippen molar-refractivity contribution in [3.63, 3.8) is 0 Å². The summed E-state index contributed by atoms with van der Waals surface area (Å²) in [4.78, 5) is 12.6. The monoisotopic (exact) mass is 421 g/mol. The molecule has 158 valence electrons. The second-order valence-electron chi connectivity index (χ2n) is 6.86. The van der Waals surface area contributed by atoms with E-state index in [1.807, 2.05) is 0 Å². The maximum absolute atomic E-state index is 13.0. The number of halogens is 3. The fourth-order valence-electron chi connectivity index (χ4n) is 3.26. The highest BCUT2D eigenvalue weighted by Crippen LogP contribution is 2.35. The van der Waals surface area contributed by atoms with Crippen molar-refractivity contribution in [3.05, 3.63) is 47.5 Å². The lowest BCUT2D eigenvalue weighted by Gasteiger charge is -2.10. The zero-order chi connectivity index (χ0) is 21.3. The standard InChI is InChI=1S/C20H18F3N3O4/c21-20(22,23)12-4-1-3-11(9-12)14-6-7-15(29-14)17-16(18(24)30-26-17)19(27)25-10-13-5-2-8-28-13/h1,3-4,6-7,9,13H,2,5,8,10,24H2,(H,25,27). The molecule has 1 aromatic carbocycles. The molecule has 4 rings (SSSR count). The van der Waals surface area contributed by atoms with E-state index in [4.69, 9.17) is 19.4 Å². The number of anilines is 1. The van der Waals surface area contributed by atoms with Gasteiger partial charge in [-0.05, 0) is 37.1 Å². The zero-order valence-corrected chi connectivity index (χ0v) is 15.7. The molecule has 0 aliphatic carbocycles. The van der Waals surface area contributed by atoms with Gasteiger partial charge in [-0.25, -0.2) is 0 Å². The summed E-state index contributed by atoms with van der Waals surface area (Å²) < 4.78 is 55.0. The third-order valence-corrected chi connectivity index (χ3v) is 4.77. The summed E-state index contributed by atoms with van der Waals surface area (Å²) in [6, 6.07) is 7.72. The number of benzene rings is 1. The second-order valence-corrected chi connectivity index (χ2v) is 6.86. The molecule has 0 saturated carbocycles. The molecule has 1 fully saturated rings. The Morgan fingerprint density at radius 3 is 2.77 bits per heavy atom. The van der Waals surface area contributed by atoms with E-state index >= 15 is 0 Å². The average Bonchev–Trinajstić information content (AvgIpc) is 3.46. The van der Waals surface area contributed by atoms with Crippen LogP contribution >= 0.6 is 0 Å². The third kappa shape index (κ3) is 4.04. The molecular formula is C20H18F3N3O4. The smallest absolute Gasteiger partial charge is 0.416 e. The van der Waals surface area contributed by atoms with Crippen molar-refractivity contribution in [2.75, 3.05) is 18.9 Å². The van der Waals surface area contributed by atoms with E-state index < -0.39 is 17.6 Å². The quantitative estimate of drug-likeness (QED) is 0.643. The number of aromatic nitrogens is 1. The van der Waals surface area contributed by atoms with Crippen molar-refractivity contribution in [2.45, 2.75) is 25.1 Å². The van der Waals surface area contributed by atoms with E-state index in [9.17, 15) is 18.0 Å². The maximum Gasteiger partial charge on any atom is 0.416 e. The molecular weight excluding hydrogens is 403 g/mol. The minimum Gasteiger partial charge on any atom is -0.454 e. The largest absolute Gasteiger partial charge is 0.454 e. The van der Waals surface area contributed by atoms with Crippen molar-refractivity contribution in [1.82, 2.24) is 10.5 Å². The van der Waals surface area contributed by atoms with Crippen molar-refractivity contribution >= 4 is 11.8 Å². The van der Waals surface area contributed by atoms with Crippen LogP contribution in [0.5, 0.6) is 0 Å². The normalized spacial score (nSPS) is 16.7. The number of alkyl halides is 3. The highest BCUT2D eigenvalue weighted by molar-refractivity contribution is 6.03. The second kappa shape index (κ2) is 7.86. The summed E-state index contributed by atoms with van der Waals surface area (Å²) in [5.74, 6) is -0.364. The predicted molar refractivity (Wildman–Crippen MR) is 100 cm³/mol. The minimum absolute atomic E-state index is 0.00191. The Morgan fingerprint density at radius 1 is 1.23 bits per heavy atom. The number of carbonyl (C=O) groups is 1. The number of amides is 1. The minimum atomic E-state index is -4.47. The van der Waals surface area contributed by atoms with Crippen LogP contribution in [0, 0.1) is 0 Å². The molecule has 1 aliphatic rings. The molecule has 3 aromatic rings. The predicted octanol–water partition coefficient (Wildman–Crippen LogP) is 4.11. The van der Waals surface area contributed by atoms with Crippen molar-refractivity contribution in [2.24, 2.45) is 0 Å². The van der Waals surface area contributed by atoms with Crippen molar-refractivity contribution in [1.29, 1.82) is 0 Å². The summed E-state index contributed by atoms with van der Waals surface area (Å²) >= 11 is 0. The van der Waals surface area contributed by atoms with Gasteiger partial charge in [0.25, 0.3) is 5.91 Å². The lowest BCUT2D eigenvalue weighted by atomic mass is 10.1. The summed E-state index contributed by atoms with van der Waals surface area (Å²) in [6.45, 7) is 0.975.